The zero-order valence-corrected chi connectivity index (χ0v) is 14.1. The second-order valence-corrected chi connectivity index (χ2v) is 6.62. The number of amides is 1. The molecule has 122 valence electrons. The smallest absolute Gasteiger partial charge is 0.228 e. The summed E-state index contributed by atoms with van der Waals surface area (Å²) in [7, 11) is 0. The van der Waals surface area contributed by atoms with Gasteiger partial charge in [-0.3, -0.25) is 4.79 Å². The van der Waals surface area contributed by atoms with Gasteiger partial charge in [0, 0.05) is 5.69 Å². The van der Waals surface area contributed by atoms with Crippen LogP contribution in [0.5, 0.6) is 5.75 Å². The van der Waals surface area contributed by atoms with Crippen LogP contribution in [-0.4, -0.2) is 11.5 Å². The van der Waals surface area contributed by atoms with Crippen LogP contribution in [0.3, 0.4) is 0 Å². The molecule has 0 aliphatic carbocycles. The molecule has 2 aromatic carbocycles. The summed E-state index contributed by atoms with van der Waals surface area (Å²) in [4.78, 5) is 12.0. The van der Waals surface area contributed by atoms with Crippen molar-refractivity contribution < 1.29 is 13.9 Å². The molecule has 0 aliphatic heterocycles. The molecule has 0 aliphatic rings. The molecule has 0 bridgehead atoms. The highest BCUT2D eigenvalue weighted by molar-refractivity contribution is 6.31. The fraction of sp³-hybridized carbons (Fsp3) is 0.278. The van der Waals surface area contributed by atoms with Crippen molar-refractivity contribution in [3.8, 4) is 5.75 Å². The average molecular weight is 336 g/mol. The Morgan fingerprint density at radius 2 is 1.83 bits per heavy atom. The Balaban J connectivity index is 1.96. The van der Waals surface area contributed by atoms with Crippen LogP contribution in [0.1, 0.15) is 26.3 Å². The van der Waals surface area contributed by atoms with E-state index in [1.54, 1.807) is 0 Å². The van der Waals surface area contributed by atoms with Gasteiger partial charge in [-0.15, -0.1) is 0 Å². The van der Waals surface area contributed by atoms with Gasteiger partial charge in [0.1, 0.15) is 17.2 Å². The Morgan fingerprint density at radius 3 is 2.39 bits per heavy atom. The van der Waals surface area contributed by atoms with E-state index in [4.69, 9.17) is 16.3 Å². The fourth-order valence-electron chi connectivity index (χ4n) is 1.99. The van der Waals surface area contributed by atoms with E-state index >= 15 is 0 Å². The molecule has 0 heterocycles. The lowest BCUT2D eigenvalue weighted by Gasteiger charge is -2.21. The van der Waals surface area contributed by atoms with Gasteiger partial charge < -0.3 is 10.1 Å². The highest BCUT2D eigenvalue weighted by atomic mass is 35.5. The number of anilines is 1. The summed E-state index contributed by atoms with van der Waals surface area (Å²) in [6.45, 7) is 5.92. The van der Waals surface area contributed by atoms with Crippen LogP contribution in [0.25, 0.3) is 0 Å². The van der Waals surface area contributed by atoms with Gasteiger partial charge in [0.2, 0.25) is 5.91 Å². The molecule has 0 saturated heterocycles. The lowest BCUT2D eigenvalue weighted by Crippen LogP contribution is -2.22. The summed E-state index contributed by atoms with van der Waals surface area (Å²) < 4.78 is 18.8. The van der Waals surface area contributed by atoms with Crippen molar-refractivity contribution in [3.63, 3.8) is 0 Å². The van der Waals surface area contributed by atoms with E-state index in [1.165, 1.54) is 18.2 Å². The molecule has 2 aromatic rings. The summed E-state index contributed by atoms with van der Waals surface area (Å²) in [5.74, 6) is 0.0447. The zero-order chi connectivity index (χ0) is 17.0. The molecular formula is C18H19ClFNO2. The quantitative estimate of drug-likeness (QED) is 0.868. The minimum Gasteiger partial charge on any atom is -0.488 e. The summed E-state index contributed by atoms with van der Waals surface area (Å²) >= 11 is 5.69. The second kappa shape index (κ2) is 7.01. The highest BCUT2D eigenvalue weighted by Gasteiger charge is 2.12. The van der Waals surface area contributed by atoms with Crippen molar-refractivity contribution in [2.75, 3.05) is 5.32 Å². The van der Waals surface area contributed by atoms with Gasteiger partial charge >= 0.3 is 0 Å². The topological polar surface area (TPSA) is 38.3 Å². The number of rotatable bonds is 4. The number of benzene rings is 2. The van der Waals surface area contributed by atoms with E-state index in [0.717, 1.165) is 11.3 Å². The minimum atomic E-state index is -0.515. The van der Waals surface area contributed by atoms with Crippen molar-refractivity contribution in [1.82, 2.24) is 0 Å². The summed E-state index contributed by atoms with van der Waals surface area (Å²) in [5.41, 5.74) is 1.06. The Morgan fingerprint density at radius 1 is 1.17 bits per heavy atom. The van der Waals surface area contributed by atoms with E-state index < -0.39 is 5.82 Å². The molecule has 0 saturated carbocycles. The number of hydrogen-bond acceptors (Lipinski definition) is 2. The zero-order valence-electron chi connectivity index (χ0n) is 13.3. The molecule has 3 nitrogen and oxygen atoms in total. The van der Waals surface area contributed by atoms with Crippen LogP contribution in [0.2, 0.25) is 5.02 Å². The van der Waals surface area contributed by atoms with E-state index in [1.807, 2.05) is 45.0 Å². The van der Waals surface area contributed by atoms with E-state index in [0.29, 0.717) is 5.69 Å². The molecule has 0 fully saturated rings. The first-order chi connectivity index (χ1) is 10.7. The lowest BCUT2D eigenvalue weighted by atomic mass is 10.1. The summed E-state index contributed by atoms with van der Waals surface area (Å²) in [6, 6.07) is 11.4. The minimum absolute atomic E-state index is 0.0218. The van der Waals surface area contributed by atoms with Crippen LogP contribution in [-0.2, 0) is 11.2 Å². The largest absolute Gasteiger partial charge is 0.488 e. The second-order valence-electron chi connectivity index (χ2n) is 6.21. The van der Waals surface area contributed by atoms with Crippen molar-refractivity contribution in [2.45, 2.75) is 32.8 Å². The number of nitrogens with one attached hydrogen (secondary N) is 1. The molecule has 0 aromatic heterocycles. The molecule has 0 radical (unpaired) electrons. The normalized spacial score (nSPS) is 11.2. The third-order valence-corrected chi connectivity index (χ3v) is 3.21. The van der Waals surface area contributed by atoms with Crippen LogP contribution < -0.4 is 10.1 Å². The molecule has 1 N–H and O–H groups in total. The Hall–Kier alpha value is -2.07. The fourth-order valence-corrected chi connectivity index (χ4v) is 2.17. The molecule has 1 amide bonds. The predicted octanol–water partition coefficient (Wildman–Crippen LogP) is 4.84. The van der Waals surface area contributed by atoms with Crippen LogP contribution in [0, 0.1) is 5.82 Å². The average Bonchev–Trinajstić information content (AvgIpc) is 2.43. The maximum atomic E-state index is 13.1. The summed E-state index contributed by atoms with van der Waals surface area (Å²) in [5, 5.41) is 2.67. The van der Waals surface area contributed by atoms with Gasteiger partial charge in [-0.1, -0.05) is 23.7 Å². The number of halogens is 2. The molecule has 0 spiro atoms. The molecule has 2 rings (SSSR count). The maximum absolute atomic E-state index is 13.1. The Kier molecular flexibility index (Phi) is 5.26. The standard InChI is InChI=1S/C18H19ClFNO2/c1-18(2,3)23-14-7-4-12(5-8-14)10-17(22)21-13-6-9-16(20)15(19)11-13/h4-9,11H,10H2,1-3H3,(H,21,22). The monoisotopic (exact) mass is 335 g/mol. The van der Waals surface area contributed by atoms with Gasteiger partial charge in [0.05, 0.1) is 11.4 Å². The van der Waals surface area contributed by atoms with E-state index in [-0.39, 0.29) is 23.0 Å². The maximum Gasteiger partial charge on any atom is 0.228 e. The third-order valence-electron chi connectivity index (χ3n) is 2.92. The van der Waals surface area contributed by atoms with Gasteiger partial charge in [0.25, 0.3) is 0 Å². The van der Waals surface area contributed by atoms with Crippen molar-refractivity contribution in [2.24, 2.45) is 0 Å². The van der Waals surface area contributed by atoms with Crippen LogP contribution >= 0.6 is 11.6 Å². The molecule has 0 atom stereocenters. The number of carbonyl (C=O) groups is 1. The van der Waals surface area contributed by atoms with Gasteiger partial charge in [0.15, 0.2) is 0 Å². The lowest BCUT2D eigenvalue weighted by molar-refractivity contribution is -0.115. The first-order valence-electron chi connectivity index (χ1n) is 7.26. The number of ether oxygens (including phenoxy) is 1. The predicted molar refractivity (Wildman–Crippen MR) is 90.6 cm³/mol. The van der Waals surface area contributed by atoms with Crippen LogP contribution in [0.15, 0.2) is 42.5 Å². The Labute approximate surface area is 140 Å². The highest BCUT2D eigenvalue weighted by Crippen LogP contribution is 2.21. The van der Waals surface area contributed by atoms with Crippen molar-refractivity contribution >= 4 is 23.2 Å². The Bertz CT molecular complexity index is 693. The third kappa shape index (κ3) is 5.57. The van der Waals surface area contributed by atoms with E-state index in [2.05, 4.69) is 5.32 Å². The summed E-state index contributed by atoms with van der Waals surface area (Å²) in [6.07, 6.45) is 0.213. The van der Waals surface area contributed by atoms with Crippen molar-refractivity contribution in [1.29, 1.82) is 0 Å². The van der Waals surface area contributed by atoms with Gasteiger partial charge in [-0.05, 0) is 56.7 Å². The first-order valence-corrected chi connectivity index (χ1v) is 7.63. The number of hydrogen-bond donors (Lipinski definition) is 1. The number of carbonyl (C=O) groups excluding carboxylic acids is 1. The molecule has 23 heavy (non-hydrogen) atoms. The van der Waals surface area contributed by atoms with Crippen molar-refractivity contribution in [3.05, 3.63) is 58.9 Å². The first kappa shape index (κ1) is 17.3. The van der Waals surface area contributed by atoms with Gasteiger partial charge in [-0.2, -0.15) is 0 Å². The van der Waals surface area contributed by atoms with Gasteiger partial charge in [-0.25, -0.2) is 4.39 Å². The van der Waals surface area contributed by atoms with Crippen LogP contribution in [0.4, 0.5) is 10.1 Å². The molecular weight excluding hydrogens is 317 g/mol. The SMILES string of the molecule is CC(C)(C)Oc1ccc(CC(=O)Nc2ccc(F)c(Cl)c2)cc1. The van der Waals surface area contributed by atoms with E-state index in [9.17, 15) is 9.18 Å². The molecule has 0 unspecified atom stereocenters. The molecule has 5 heteroatoms.